The molecule has 1 aliphatic rings. The summed E-state index contributed by atoms with van der Waals surface area (Å²) in [6, 6.07) is 8.92. The second-order valence-electron chi connectivity index (χ2n) is 9.28. The lowest BCUT2D eigenvalue weighted by atomic mass is 10.0. The van der Waals surface area contributed by atoms with Crippen molar-refractivity contribution < 1.29 is 36.0 Å². The van der Waals surface area contributed by atoms with Gasteiger partial charge in [0, 0.05) is 25.3 Å². The molecule has 3 heterocycles. The van der Waals surface area contributed by atoms with Crippen LogP contribution in [0.1, 0.15) is 42.3 Å². The van der Waals surface area contributed by atoms with Gasteiger partial charge in [-0.25, -0.2) is 18.6 Å². The number of benzene rings is 1. The van der Waals surface area contributed by atoms with Crippen molar-refractivity contribution in [3.63, 3.8) is 0 Å². The van der Waals surface area contributed by atoms with Crippen molar-refractivity contribution >= 4 is 24.7 Å². The van der Waals surface area contributed by atoms with E-state index in [1.54, 1.807) is 28.8 Å². The summed E-state index contributed by atoms with van der Waals surface area (Å²) in [4.78, 5) is 34.2. The molecular formula is C24H26F2N5O8P. The monoisotopic (exact) mass is 581 g/mol. The zero-order valence-corrected chi connectivity index (χ0v) is 22.0. The topological polar surface area (TPSA) is 178 Å². The molecule has 0 saturated heterocycles. The standard InChI is InChI=1S/C24H26F2N5O8P/c25-24(26)7-6-16(10-24)19-17(38-23(33)39-19)12-37-40(34,36-11-15-4-2-1-3-5-15)14-35-9-8-31-13-28-18-20(31)29-22(27)30-21(18)32/h1-5,13,16H,6-12,14H2,(H3,27,29,30,32). The van der Waals surface area contributed by atoms with Crippen molar-refractivity contribution in [2.24, 2.45) is 0 Å². The van der Waals surface area contributed by atoms with Crippen LogP contribution < -0.4 is 17.1 Å². The Balaban J connectivity index is 1.26. The predicted molar refractivity (Wildman–Crippen MR) is 136 cm³/mol. The van der Waals surface area contributed by atoms with Crippen LogP contribution in [0.2, 0.25) is 0 Å². The lowest BCUT2D eigenvalue weighted by Gasteiger charge is -2.19. The van der Waals surface area contributed by atoms with Gasteiger partial charge >= 0.3 is 13.4 Å². The van der Waals surface area contributed by atoms with Crippen molar-refractivity contribution in [1.29, 1.82) is 0 Å². The summed E-state index contributed by atoms with van der Waals surface area (Å²) in [6.45, 7) is -0.403. The first kappa shape index (κ1) is 27.9. The molecule has 0 aliphatic heterocycles. The number of nitrogen functional groups attached to an aromatic ring is 1. The number of alkyl halides is 2. The summed E-state index contributed by atoms with van der Waals surface area (Å²) in [5, 5.41) is 0. The largest absolute Gasteiger partial charge is 0.519 e. The molecule has 4 aromatic rings. The fraction of sp³-hybridized carbons (Fsp3) is 0.417. The zero-order valence-electron chi connectivity index (χ0n) is 21.1. The van der Waals surface area contributed by atoms with Gasteiger partial charge in [0.05, 0.1) is 19.5 Å². The maximum atomic E-state index is 13.8. The number of nitrogens with two attached hydrogens (primary N) is 1. The molecule has 1 fully saturated rings. The molecule has 214 valence electrons. The Labute approximate surface area is 224 Å². The first-order chi connectivity index (χ1) is 19.1. The Kier molecular flexibility index (Phi) is 7.99. The van der Waals surface area contributed by atoms with Crippen molar-refractivity contribution in [3.8, 4) is 0 Å². The van der Waals surface area contributed by atoms with Crippen molar-refractivity contribution in [2.75, 3.05) is 18.7 Å². The fourth-order valence-corrected chi connectivity index (χ4v) is 5.63. The SMILES string of the molecule is Nc1nc2c(ncn2CCOCP(=O)(OCc2ccccc2)OCc2oc(=O)oc2C2CCC(F)(F)C2)c(=O)[nH]1. The van der Waals surface area contributed by atoms with Crippen LogP contribution in [0.5, 0.6) is 0 Å². The normalized spacial score (nSPS) is 18.3. The quantitative estimate of drug-likeness (QED) is 0.184. The minimum absolute atomic E-state index is 0.00505. The summed E-state index contributed by atoms with van der Waals surface area (Å²) in [5.41, 5.74) is 6.20. The highest BCUT2D eigenvalue weighted by Crippen LogP contribution is 2.51. The zero-order chi connectivity index (χ0) is 28.3. The van der Waals surface area contributed by atoms with Gasteiger partial charge in [-0.15, -0.1) is 0 Å². The molecule has 0 amide bonds. The highest BCUT2D eigenvalue weighted by Gasteiger charge is 2.43. The van der Waals surface area contributed by atoms with Gasteiger partial charge in [-0.2, -0.15) is 4.98 Å². The second-order valence-corrected chi connectivity index (χ2v) is 11.3. The minimum Gasteiger partial charge on any atom is -0.395 e. The van der Waals surface area contributed by atoms with E-state index in [4.69, 9.17) is 28.4 Å². The van der Waals surface area contributed by atoms with Crippen LogP contribution in [0.4, 0.5) is 14.7 Å². The Morgan fingerprint density at radius 2 is 1.95 bits per heavy atom. The fourth-order valence-electron chi connectivity index (χ4n) is 4.39. The minimum atomic E-state index is -3.98. The molecule has 13 nitrogen and oxygen atoms in total. The Hall–Kier alpha value is -3.65. The number of aromatic nitrogens is 4. The smallest absolute Gasteiger partial charge is 0.395 e. The second kappa shape index (κ2) is 11.5. The molecule has 16 heteroatoms. The molecule has 40 heavy (non-hydrogen) atoms. The van der Waals surface area contributed by atoms with Crippen LogP contribution in [-0.2, 0) is 38.1 Å². The third-order valence-electron chi connectivity index (χ3n) is 6.33. The summed E-state index contributed by atoms with van der Waals surface area (Å²) < 4.78 is 69.6. The number of nitrogens with zero attached hydrogens (tertiary/aromatic N) is 3. The average Bonchev–Trinajstić information content (AvgIpc) is 3.61. The van der Waals surface area contributed by atoms with Crippen molar-refractivity contribution in [1.82, 2.24) is 19.5 Å². The van der Waals surface area contributed by atoms with E-state index < -0.39 is 50.2 Å². The number of hydrogen-bond donors (Lipinski definition) is 2. The van der Waals surface area contributed by atoms with Crippen LogP contribution in [0.3, 0.4) is 0 Å². The third-order valence-corrected chi connectivity index (χ3v) is 7.87. The summed E-state index contributed by atoms with van der Waals surface area (Å²) in [5.74, 6) is -4.93. The number of imidazole rings is 1. The van der Waals surface area contributed by atoms with Crippen LogP contribution in [0, 0.1) is 0 Å². The molecule has 0 radical (unpaired) electrons. The van der Waals surface area contributed by atoms with E-state index in [9.17, 15) is 22.9 Å². The Bertz CT molecular complexity index is 1630. The molecule has 1 aromatic carbocycles. The first-order valence-electron chi connectivity index (χ1n) is 12.3. The van der Waals surface area contributed by atoms with Gasteiger partial charge in [0.2, 0.25) is 11.9 Å². The van der Waals surface area contributed by atoms with Gasteiger partial charge in [0.15, 0.2) is 22.7 Å². The Morgan fingerprint density at radius 1 is 1.18 bits per heavy atom. The van der Waals surface area contributed by atoms with E-state index in [1.807, 2.05) is 6.07 Å². The molecule has 1 aliphatic carbocycles. The number of anilines is 1. The summed E-state index contributed by atoms with van der Waals surface area (Å²) >= 11 is 0. The maximum Gasteiger partial charge on any atom is 0.519 e. The van der Waals surface area contributed by atoms with Gasteiger partial charge in [-0.3, -0.25) is 18.9 Å². The van der Waals surface area contributed by atoms with Gasteiger partial charge in [-0.05, 0) is 12.0 Å². The lowest BCUT2D eigenvalue weighted by molar-refractivity contribution is 0.00709. The van der Waals surface area contributed by atoms with Crippen LogP contribution in [0.25, 0.3) is 11.2 Å². The molecule has 1 saturated carbocycles. The number of rotatable bonds is 12. The number of hydrogen-bond acceptors (Lipinski definition) is 11. The average molecular weight is 581 g/mol. The highest BCUT2D eigenvalue weighted by molar-refractivity contribution is 7.53. The number of ether oxygens (including phenoxy) is 1. The number of aromatic amines is 1. The number of halogens is 2. The first-order valence-corrected chi connectivity index (χ1v) is 14.0. The molecule has 2 atom stereocenters. The van der Waals surface area contributed by atoms with Crippen molar-refractivity contribution in [2.45, 2.75) is 50.9 Å². The molecule has 0 bridgehead atoms. The highest BCUT2D eigenvalue weighted by atomic mass is 31.2. The molecule has 2 unspecified atom stereocenters. The third kappa shape index (κ3) is 6.55. The van der Waals surface area contributed by atoms with E-state index in [0.29, 0.717) is 5.56 Å². The van der Waals surface area contributed by atoms with E-state index in [1.165, 1.54) is 6.33 Å². The molecule has 3 N–H and O–H groups in total. The van der Waals surface area contributed by atoms with E-state index in [0.717, 1.165) is 0 Å². The van der Waals surface area contributed by atoms with Gasteiger partial charge in [-0.1, -0.05) is 30.3 Å². The molecule has 5 rings (SSSR count). The van der Waals surface area contributed by atoms with Crippen molar-refractivity contribution in [3.05, 3.63) is 74.7 Å². The van der Waals surface area contributed by atoms with Crippen LogP contribution >= 0.6 is 7.60 Å². The summed E-state index contributed by atoms with van der Waals surface area (Å²) in [6.07, 6.45) is 0.169. The lowest BCUT2D eigenvalue weighted by Crippen LogP contribution is -2.13. The maximum absolute atomic E-state index is 13.8. The number of H-pyrrole nitrogens is 1. The van der Waals surface area contributed by atoms with E-state index in [-0.39, 0.29) is 61.2 Å². The van der Waals surface area contributed by atoms with Crippen LogP contribution in [0.15, 0.2) is 55.1 Å². The van der Waals surface area contributed by atoms with Gasteiger partial charge < -0.3 is 28.4 Å². The Morgan fingerprint density at radius 3 is 2.70 bits per heavy atom. The van der Waals surface area contributed by atoms with E-state index in [2.05, 4.69) is 15.0 Å². The number of nitrogens with one attached hydrogen (secondary N) is 1. The molecule has 0 spiro atoms. The number of fused-ring (bicyclic) bond motifs is 1. The predicted octanol–water partition coefficient (Wildman–Crippen LogP) is 3.75. The molecular weight excluding hydrogens is 555 g/mol. The van der Waals surface area contributed by atoms with Gasteiger partial charge in [0.1, 0.15) is 13.0 Å². The summed E-state index contributed by atoms with van der Waals surface area (Å²) in [7, 11) is -3.98. The van der Waals surface area contributed by atoms with Crippen LogP contribution in [-0.4, -0.2) is 38.4 Å². The van der Waals surface area contributed by atoms with E-state index >= 15 is 0 Å². The molecule has 3 aromatic heterocycles. The van der Waals surface area contributed by atoms with Gasteiger partial charge in [0.25, 0.3) is 5.56 Å².